The predicted octanol–water partition coefficient (Wildman–Crippen LogP) is 4.65. The SMILES string of the molecule is COc1ccc([C@@H]2/C(=C(\O)c3ccc4c(c3)C[C@@H](C)O4)C(=O)C(=O)N2Cc2ccccc2)cc1OC. The first-order valence-corrected chi connectivity index (χ1v) is 11.8. The van der Waals surface area contributed by atoms with Crippen molar-refractivity contribution in [1.29, 1.82) is 0 Å². The van der Waals surface area contributed by atoms with Gasteiger partial charge in [-0.1, -0.05) is 36.4 Å². The van der Waals surface area contributed by atoms with Crippen LogP contribution in [0.25, 0.3) is 5.76 Å². The van der Waals surface area contributed by atoms with Gasteiger partial charge >= 0.3 is 0 Å². The molecule has 1 fully saturated rings. The van der Waals surface area contributed by atoms with Crippen LogP contribution in [-0.4, -0.2) is 42.0 Å². The third kappa shape index (κ3) is 4.06. The standard InChI is InChI=1S/C29H27NO6/c1-17-13-21-14-20(10-11-22(21)36-17)27(31)25-26(19-9-12-23(34-2)24(15-19)35-3)30(29(33)28(25)32)16-18-7-5-4-6-8-18/h4-12,14-15,17,26,31H,13,16H2,1-3H3/b27-25+/t17-,26-/m1/s1. The lowest BCUT2D eigenvalue weighted by molar-refractivity contribution is -0.140. The third-order valence-electron chi connectivity index (χ3n) is 6.63. The highest BCUT2D eigenvalue weighted by Crippen LogP contribution is 2.43. The van der Waals surface area contributed by atoms with E-state index in [0.717, 1.165) is 16.9 Å². The summed E-state index contributed by atoms with van der Waals surface area (Å²) in [5, 5.41) is 11.4. The van der Waals surface area contributed by atoms with Crippen molar-refractivity contribution in [3.63, 3.8) is 0 Å². The van der Waals surface area contributed by atoms with Crippen LogP contribution in [0.5, 0.6) is 17.2 Å². The quantitative estimate of drug-likeness (QED) is 0.311. The molecule has 7 heteroatoms. The van der Waals surface area contributed by atoms with E-state index in [1.807, 2.05) is 43.3 Å². The molecule has 0 spiro atoms. The van der Waals surface area contributed by atoms with Crippen molar-refractivity contribution >= 4 is 17.4 Å². The average molecular weight is 486 g/mol. The van der Waals surface area contributed by atoms with Crippen molar-refractivity contribution in [1.82, 2.24) is 4.90 Å². The molecule has 0 unspecified atom stereocenters. The van der Waals surface area contributed by atoms with Crippen LogP contribution in [0.1, 0.15) is 35.2 Å². The fraction of sp³-hybridized carbons (Fsp3) is 0.241. The highest BCUT2D eigenvalue weighted by atomic mass is 16.5. The number of likely N-dealkylation sites (tertiary alicyclic amines) is 1. The summed E-state index contributed by atoms with van der Waals surface area (Å²) in [6.07, 6.45) is 0.748. The second-order valence-corrected chi connectivity index (χ2v) is 8.98. The van der Waals surface area contributed by atoms with Gasteiger partial charge in [0.25, 0.3) is 11.7 Å². The number of aliphatic hydroxyl groups is 1. The Morgan fingerprint density at radius 2 is 1.75 bits per heavy atom. The van der Waals surface area contributed by atoms with Gasteiger partial charge in [0, 0.05) is 18.5 Å². The zero-order valence-electron chi connectivity index (χ0n) is 20.4. The average Bonchev–Trinajstić information content (AvgIpc) is 3.39. The number of aliphatic hydroxyl groups excluding tert-OH is 1. The zero-order chi connectivity index (χ0) is 25.4. The van der Waals surface area contributed by atoms with Gasteiger partial charge in [-0.05, 0) is 53.9 Å². The maximum atomic E-state index is 13.4. The maximum absolute atomic E-state index is 13.4. The molecule has 2 aliphatic rings. The Hall–Kier alpha value is -4.26. The van der Waals surface area contributed by atoms with Crippen LogP contribution in [0.2, 0.25) is 0 Å². The number of rotatable bonds is 6. The molecule has 7 nitrogen and oxygen atoms in total. The Morgan fingerprint density at radius 1 is 1.00 bits per heavy atom. The van der Waals surface area contributed by atoms with Crippen LogP contribution in [0.15, 0.2) is 72.3 Å². The summed E-state index contributed by atoms with van der Waals surface area (Å²) in [6.45, 7) is 2.18. The molecule has 1 amide bonds. The summed E-state index contributed by atoms with van der Waals surface area (Å²) >= 11 is 0. The number of Topliss-reactive ketones (excluding diaryl/α,β-unsaturated/α-hetero) is 1. The molecule has 1 N–H and O–H groups in total. The molecule has 3 aromatic carbocycles. The smallest absolute Gasteiger partial charge is 0.295 e. The first kappa shape index (κ1) is 23.5. The number of carbonyl (C=O) groups is 2. The highest BCUT2D eigenvalue weighted by Gasteiger charge is 2.46. The zero-order valence-corrected chi connectivity index (χ0v) is 20.4. The molecular formula is C29H27NO6. The molecule has 0 radical (unpaired) electrons. The van der Waals surface area contributed by atoms with Crippen molar-refractivity contribution < 1.29 is 28.9 Å². The van der Waals surface area contributed by atoms with Gasteiger partial charge in [0.1, 0.15) is 17.6 Å². The summed E-state index contributed by atoms with van der Waals surface area (Å²) in [4.78, 5) is 28.2. The largest absolute Gasteiger partial charge is 0.507 e. The van der Waals surface area contributed by atoms with Gasteiger partial charge in [0.2, 0.25) is 0 Å². The van der Waals surface area contributed by atoms with E-state index in [1.165, 1.54) is 19.1 Å². The molecule has 2 aliphatic heterocycles. The Balaban J connectivity index is 1.65. The number of hydrogen-bond donors (Lipinski definition) is 1. The van der Waals surface area contributed by atoms with E-state index in [9.17, 15) is 14.7 Å². The number of methoxy groups -OCH3 is 2. The molecule has 1 saturated heterocycles. The molecular weight excluding hydrogens is 458 g/mol. The van der Waals surface area contributed by atoms with Gasteiger partial charge in [0.15, 0.2) is 11.5 Å². The van der Waals surface area contributed by atoms with Crippen molar-refractivity contribution in [3.8, 4) is 17.2 Å². The molecule has 3 aromatic rings. The molecule has 0 saturated carbocycles. The van der Waals surface area contributed by atoms with Crippen molar-refractivity contribution in [2.45, 2.75) is 32.0 Å². The van der Waals surface area contributed by atoms with E-state index in [0.29, 0.717) is 29.0 Å². The summed E-state index contributed by atoms with van der Waals surface area (Å²) in [7, 11) is 3.06. The number of nitrogens with zero attached hydrogens (tertiary/aromatic N) is 1. The van der Waals surface area contributed by atoms with Gasteiger partial charge in [-0.3, -0.25) is 9.59 Å². The van der Waals surface area contributed by atoms with Crippen LogP contribution in [0.4, 0.5) is 0 Å². The molecule has 2 atom stereocenters. The van der Waals surface area contributed by atoms with Crippen molar-refractivity contribution in [2.24, 2.45) is 0 Å². The number of hydrogen-bond acceptors (Lipinski definition) is 6. The third-order valence-corrected chi connectivity index (χ3v) is 6.63. The van der Waals surface area contributed by atoms with Gasteiger partial charge in [-0.25, -0.2) is 0 Å². The number of benzene rings is 3. The normalized spacial score (nSPS) is 20.2. The first-order chi connectivity index (χ1) is 17.4. The van der Waals surface area contributed by atoms with E-state index in [1.54, 1.807) is 30.3 Å². The minimum Gasteiger partial charge on any atom is -0.507 e. The second kappa shape index (κ2) is 9.41. The molecule has 0 aromatic heterocycles. The van der Waals surface area contributed by atoms with E-state index in [-0.39, 0.29) is 24.0 Å². The van der Waals surface area contributed by atoms with Gasteiger partial charge in [-0.2, -0.15) is 0 Å². The van der Waals surface area contributed by atoms with Crippen molar-refractivity contribution in [3.05, 3.63) is 94.6 Å². The molecule has 184 valence electrons. The summed E-state index contributed by atoms with van der Waals surface area (Å²) in [5.74, 6) is 0.135. The van der Waals surface area contributed by atoms with Gasteiger partial charge in [0.05, 0.1) is 25.8 Å². The Labute approximate surface area is 209 Å². The van der Waals surface area contributed by atoms with Crippen LogP contribution in [0, 0.1) is 0 Å². The monoisotopic (exact) mass is 485 g/mol. The van der Waals surface area contributed by atoms with E-state index >= 15 is 0 Å². The number of ether oxygens (including phenoxy) is 3. The van der Waals surface area contributed by atoms with Crippen molar-refractivity contribution in [2.75, 3.05) is 14.2 Å². The molecule has 0 aliphatic carbocycles. The predicted molar refractivity (Wildman–Crippen MR) is 134 cm³/mol. The van der Waals surface area contributed by atoms with Gasteiger partial charge < -0.3 is 24.2 Å². The highest BCUT2D eigenvalue weighted by molar-refractivity contribution is 6.46. The fourth-order valence-electron chi connectivity index (χ4n) is 4.92. The van der Waals surface area contributed by atoms with Crippen LogP contribution in [-0.2, 0) is 22.6 Å². The van der Waals surface area contributed by atoms with E-state index < -0.39 is 17.7 Å². The lowest BCUT2D eigenvalue weighted by Gasteiger charge is -2.26. The summed E-state index contributed by atoms with van der Waals surface area (Å²) in [6, 6.07) is 19.2. The number of carbonyl (C=O) groups excluding carboxylic acids is 2. The lowest BCUT2D eigenvalue weighted by Crippen LogP contribution is -2.29. The number of fused-ring (bicyclic) bond motifs is 1. The summed E-state index contributed by atoms with van der Waals surface area (Å²) in [5.41, 5.74) is 2.95. The molecule has 0 bridgehead atoms. The first-order valence-electron chi connectivity index (χ1n) is 11.8. The van der Waals surface area contributed by atoms with E-state index in [4.69, 9.17) is 14.2 Å². The molecule has 36 heavy (non-hydrogen) atoms. The molecule has 5 rings (SSSR count). The Kier molecular flexibility index (Phi) is 6.14. The van der Waals surface area contributed by atoms with Crippen LogP contribution < -0.4 is 14.2 Å². The molecule has 2 heterocycles. The van der Waals surface area contributed by atoms with Crippen LogP contribution in [0.3, 0.4) is 0 Å². The summed E-state index contributed by atoms with van der Waals surface area (Å²) < 4.78 is 16.6. The van der Waals surface area contributed by atoms with Crippen LogP contribution >= 0.6 is 0 Å². The number of amides is 1. The minimum atomic E-state index is -0.812. The maximum Gasteiger partial charge on any atom is 0.295 e. The Bertz CT molecular complexity index is 1360. The topological polar surface area (TPSA) is 85.3 Å². The van der Waals surface area contributed by atoms with E-state index in [2.05, 4.69) is 0 Å². The number of ketones is 1. The second-order valence-electron chi connectivity index (χ2n) is 8.98. The van der Waals surface area contributed by atoms with Gasteiger partial charge in [-0.15, -0.1) is 0 Å². The minimum absolute atomic E-state index is 0.0371. The lowest BCUT2D eigenvalue weighted by atomic mass is 9.94. The Morgan fingerprint density at radius 3 is 2.47 bits per heavy atom. The fourth-order valence-corrected chi connectivity index (χ4v) is 4.92.